The van der Waals surface area contributed by atoms with Gasteiger partial charge in [0.25, 0.3) is 0 Å². The highest BCUT2D eigenvalue weighted by molar-refractivity contribution is 7.13. The molecule has 0 aliphatic carbocycles. The molecule has 1 rings (SSSR count). The average Bonchev–Trinajstić information content (AvgIpc) is 2.90. The monoisotopic (exact) mass is 315 g/mol. The van der Waals surface area contributed by atoms with E-state index in [2.05, 4.69) is 15.0 Å². The zero-order valence-corrected chi connectivity index (χ0v) is 13.7. The number of hydrogen-bond acceptors (Lipinski definition) is 7. The molecule has 0 bridgehead atoms. The van der Waals surface area contributed by atoms with E-state index in [9.17, 15) is 9.59 Å². The van der Waals surface area contributed by atoms with Crippen molar-refractivity contribution in [3.63, 3.8) is 0 Å². The third-order valence-electron chi connectivity index (χ3n) is 2.67. The zero-order valence-electron chi connectivity index (χ0n) is 12.9. The van der Waals surface area contributed by atoms with Gasteiger partial charge < -0.3 is 19.7 Å². The Morgan fingerprint density at radius 3 is 2.57 bits per heavy atom. The van der Waals surface area contributed by atoms with Gasteiger partial charge in [0.2, 0.25) is 0 Å². The minimum absolute atomic E-state index is 0.0577. The largest absolute Gasteiger partial charge is 0.467 e. The highest BCUT2D eigenvalue weighted by atomic mass is 32.1. The van der Waals surface area contributed by atoms with Crippen LogP contribution in [0.4, 0.5) is 9.93 Å². The fraction of sp³-hybridized carbons (Fsp3) is 0.615. The number of ether oxygens (including phenoxy) is 2. The molecule has 0 saturated heterocycles. The second-order valence-corrected chi connectivity index (χ2v) is 5.82. The smallest absolute Gasteiger partial charge is 0.408 e. The molecule has 21 heavy (non-hydrogen) atoms. The summed E-state index contributed by atoms with van der Waals surface area (Å²) in [6.45, 7) is 3.68. The Hall–Kier alpha value is -1.83. The highest BCUT2D eigenvalue weighted by Gasteiger charge is 2.25. The number of esters is 1. The van der Waals surface area contributed by atoms with Crippen LogP contribution in [0, 0.1) is 5.92 Å². The first kappa shape index (κ1) is 17.2. The molecule has 0 aromatic carbocycles. The van der Waals surface area contributed by atoms with Gasteiger partial charge in [0.1, 0.15) is 12.6 Å². The Balaban J connectivity index is 2.50. The number of nitrogens with zero attached hydrogens (tertiary/aromatic N) is 2. The number of rotatable bonds is 6. The third kappa shape index (κ3) is 5.22. The normalized spacial score (nSPS) is 11.9. The first-order valence-electron chi connectivity index (χ1n) is 6.48. The van der Waals surface area contributed by atoms with Gasteiger partial charge in [-0.15, -0.1) is 11.3 Å². The van der Waals surface area contributed by atoms with E-state index in [4.69, 9.17) is 4.74 Å². The second-order valence-electron chi connectivity index (χ2n) is 4.98. The highest BCUT2D eigenvalue weighted by Crippen LogP contribution is 2.18. The molecule has 1 heterocycles. The molecule has 1 aromatic heterocycles. The van der Waals surface area contributed by atoms with Gasteiger partial charge >= 0.3 is 12.1 Å². The Morgan fingerprint density at radius 1 is 1.43 bits per heavy atom. The fourth-order valence-corrected chi connectivity index (χ4v) is 2.24. The summed E-state index contributed by atoms with van der Waals surface area (Å²) in [7, 11) is 5.06. The first-order chi connectivity index (χ1) is 9.85. The quantitative estimate of drug-likeness (QED) is 0.804. The summed E-state index contributed by atoms with van der Waals surface area (Å²) in [5, 5.41) is 5.16. The van der Waals surface area contributed by atoms with E-state index in [0.29, 0.717) is 5.69 Å². The molecule has 7 nitrogen and oxygen atoms in total. The molecular weight excluding hydrogens is 294 g/mol. The van der Waals surface area contributed by atoms with Crippen LogP contribution < -0.4 is 10.2 Å². The lowest BCUT2D eigenvalue weighted by atomic mass is 10.1. The maximum Gasteiger partial charge on any atom is 0.408 e. The average molecular weight is 315 g/mol. The van der Waals surface area contributed by atoms with Crippen LogP contribution in [0.25, 0.3) is 0 Å². The molecule has 1 N–H and O–H groups in total. The Morgan fingerprint density at radius 2 is 2.10 bits per heavy atom. The van der Waals surface area contributed by atoms with Gasteiger partial charge in [0, 0.05) is 19.5 Å². The van der Waals surface area contributed by atoms with Crippen LogP contribution in [-0.2, 0) is 20.9 Å². The van der Waals surface area contributed by atoms with E-state index in [-0.39, 0.29) is 12.5 Å². The van der Waals surface area contributed by atoms with Crippen LogP contribution >= 0.6 is 11.3 Å². The summed E-state index contributed by atoms with van der Waals surface area (Å²) in [6.07, 6.45) is -0.668. The van der Waals surface area contributed by atoms with E-state index in [1.54, 1.807) is 0 Å². The lowest BCUT2D eigenvalue weighted by molar-refractivity contribution is -0.144. The number of carbonyl (C=O) groups is 2. The SMILES string of the molecule is COC(=O)[C@@H](NC(=O)OCc1csc(N(C)C)n1)C(C)C. The molecule has 1 aromatic rings. The second kappa shape index (κ2) is 7.82. The topological polar surface area (TPSA) is 80.8 Å². The van der Waals surface area contributed by atoms with Crippen LogP contribution in [0.2, 0.25) is 0 Å². The standard InChI is InChI=1S/C13H21N3O4S/c1-8(2)10(11(17)19-5)15-13(18)20-6-9-7-21-12(14-9)16(3)4/h7-8,10H,6H2,1-5H3,(H,15,18)/t10-/m0/s1. The number of carbonyl (C=O) groups excluding carboxylic acids is 2. The van der Waals surface area contributed by atoms with Crippen molar-refractivity contribution in [3.05, 3.63) is 11.1 Å². The van der Waals surface area contributed by atoms with Gasteiger partial charge in [-0.25, -0.2) is 14.6 Å². The molecule has 0 radical (unpaired) electrons. The predicted octanol–water partition coefficient (Wildman–Crippen LogP) is 1.63. The van der Waals surface area contributed by atoms with Crippen molar-refractivity contribution >= 4 is 28.5 Å². The first-order valence-corrected chi connectivity index (χ1v) is 7.36. The zero-order chi connectivity index (χ0) is 16.0. The van der Waals surface area contributed by atoms with Crippen molar-refractivity contribution in [1.82, 2.24) is 10.3 Å². The van der Waals surface area contributed by atoms with Crippen molar-refractivity contribution in [2.75, 3.05) is 26.1 Å². The molecular formula is C13H21N3O4S. The molecule has 1 amide bonds. The van der Waals surface area contributed by atoms with E-state index in [1.165, 1.54) is 18.4 Å². The molecule has 1 atom stereocenters. The van der Waals surface area contributed by atoms with E-state index < -0.39 is 18.1 Å². The van der Waals surface area contributed by atoms with Crippen LogP contribution in [0.1, 0.15) is 19.5 Å². The summed E-state index contributed by atoms with van der Waals surface area (Å²) in [4.78, 5) is 29.4. The van der Waals surface area contributed by atoms with Crippen molar-refractivity contribution in [2.45, 2.75) is 26.5 Å². The Kier molecular flexibility index (Phi) is 6.41. The Bertz CT molecular complexity index is 488. The molecule has 118 valence electrons. The van der Waals surface area contributed by atoms with E-state index in [0.717, 1.165) is 5.13 Å². The van der Waals surface area contributed by atoms with Crippen molar-refractivity contribution < 1.29 is 19.1 Å². The number of anilines is 1. The number of thiazole rings is 1. The van der Waals surface area contributed by atoms with Gasteiger partial charge in [0.05, 0.1) is 12.8 Å². The predicted molar refractivity (Wildman–Crippen MR) is 80.4 cm³/mol. The van der Waals surface area contributed by atoms with Crippen LogP contribution in [-0.4, -0.2) is 44.3 Å². The van der Waals surface area contributed by atoms with Gasteiger partial charge in [-0.05, 0) is 5.92 Å². The number of aromatic nitrogens is 1. The summed E-state index contributed by atoms with van der Waals surface area (Å²) in [5.41, 5.74) is 0.665. The molecule has 0 saturated carbocycles. The minimum atomic E-state index is -0.727. The maximum absolute atomic E-state index is 11.7. The molecule has 0 fully saturated rings. The number of nitrogens with one attached hydrogen (secondary N) is 1. The maximum atomic E-state index is 11.7. The van der Waals surface area contributed by atoms with Crippen LogP contribution in [0.5, 0.6) is 0 Å². The van der Waals surface area contributed by atoms with Crippen LogP contribution in [0.15, 0.2) is 5.38 Å². The summed E-state index contributed by atoms with van der Waals surface area (Å²) in [5.74, 6) is -0.588. The molecule has 0 aliphatic rings. The van der Waals surface area contributed by atoms with E-state index >= 15 is 0 Å². The van der Waals surface area contributed by atoms with Gasteiger partial charge in [-0.3, -0.25) is 0 Å². The molecule has 0 unspecified atom stereocenters. The number of alkyl carbamates (subject to hydrolysis) is 1. The Labute approximate surface area is 128 Å². The summed E-state index contributed by atoms with van der Waals surface area (Å²) < 4.78 is 9.71. The van der Waals surface area contributed by atoms with Crippen LogP contribution in [0.3, 0.4) is 0 Å². The van der Waals surface area contributed by atoms with Gasteiger partial charge in [-0.2, -0.15) is 0 Å². The third-order valence-corrected chi connectivity index (χ3v) is 3.73. The van der Waals surface area contributed by atoms with Crippen molar-refractivity contribution in [1.29, 1.82) is 0 Å². The van der Waals surface area contributed by atoms with Crippen molar-refractivity contribution in [3.8, 4) is 0 Å². The number of methoxy groups -OCH3 is 1. The fourth-order valence-electron chi connectivity index (χ4n) is 1.50. The summed E-state index contributed by atoms with van der Waals surface area (Å²) >= 11 is 1.47. The minimum Gasteiger partial charge on any atom is -0.467 e. The molecule has 0 spiro atoms. The summed E-state index contributed by atoms with van der Waals surface area (Å²) in [6, 6.07) is -0.727. The molecule has 0 aliphatic heterocycles. The number of hydrogen-bond donors (Lipinski definition) is 1. The van der Waals surface area contributed by atoms with Gasteiger partial charge in [0.15, 0.2) is 5.13 Å². The van der Waals surface area contributed by atoms with Crippen molar-refractivity contribution in [2.24, 2.45) is 5.92 Å². The molecule has 8 heteroatoms. The lowest BCUT2D eigenvalue weighted by Gasteiger charge is -2.19. The van der Waals surface area contributed by atoms with E-state index in [1.807, 2.05) is 38.2 Å². The number of amides is 1. The van der Waals surface area contributed by atoms with Gasteiger partial charge in [-0.1, -0.05) is 13.8 Å². The lowest BCUT2D eigenvalue weighted by Crippen LogP contribution is -2.45.